The van der Waals surface area contributed by atoms with Gasteiger partial charge in [0.25, 0.3) is 0 Å². The predicted octanol–water partition coefficient (Wildman–Crippen LogP) is 8.07. The third-order valence-corrected chi connectivity index (χ3v) is 7.12. The molecule has 2 aliphatic rings. The van der Waals surface area contributed by atoms with Crippen LogP contribution in [0, 0.1) is 5.41 Å². The van der Waals surface area contributed by atoms with Gasteiger partial charge in [0.05, 0.1) is 22.4 Å². The van der Waals surface area contributed by atoms with Crippen LogP contribution in [0.1, 0.15) is 50.8 Å². The number of benzene rings is 3. The molecule has 184 valence electrons. The van der Waals surface area contributed by atoms with E-state index >= 15 is 0 Å². The van der Waals surface area contributed by atoms with Gasteiger partial charge >= 0.3 is 0 Å². The number of nitrogens with one attached hydrogen (secondary N) is 1. The fourth-order valence-corrected chi connectivity index (χ4v) is 5.51. The molecule has 0 fully saturated rings. The van der Waals surface area contributed by atoms with E-state index in [1.807, 2.05) is 67.6 Å². The average Bonchev–Trinajstić information content (AvgIpc) is 2.97. The van der Waals surface area contributed by atoms with E-state index in [0.29, 0.717) is 23.8 Å². The van der Waals surface area contributed by atoms with E-state index in [4.69, 9.17) is 16.3 Å². The molecule has 0 unspecified atom stereocenters. The lowest BCUT2D eigenvalue weighted by Crippen LogP contribution is -2.35. The van der Waals surface area contributed by atoms with Crippen molar-refractivity contribution in [3.63, 3.8) is 0 Å². The van der Waals surface area contributed by atoms with Crippen LogP contribution in [0.5, 0.6) is 5.75 Å². The maximum atomic E-state index is 13.7. The van der Waals surface area contributed by atoms with Gasteiger partial charge in [-0.1, -0.05) is 80.6 Å². The minimum atomic E-state index is -0.349. The molecule has 0 radical (unpaired) electrons. The van der Waals surface area contributed by atoms with Crippen molar-refractivity contribution in [2.24, 2.45) is 5.41 Å². The van der Waals surface area contributed by atoms with Crippen LogP contribution in [0.2, 0.25) is 5.02 Å². The molecule has 5 heteroatoms. The van der Waals surface area contributed by atoms with Gasteiger partial charge in [0, 0.05) is 23.4 Å². The smallest absolute Gasteiger partial charge is 0.163 e. The Kier molecular flexibility index (Phi) is 6.40. The van der Waals surface area contributed by atoms with Gasteiger partial charge in [0.15, 0.2) is 5.78 Å². The zero-order valence-electron chi connectivity index (χ0n) is 21.0. The van der Waals surface area contributed by atoms with E-state index in [1.165, 1.54) is 0 Å². The summed E-state index contributed by atoms with van der Waals surface area (Å²) in [6, 6.07) is 23.6. The summed E-state index contributed by atoms with van der Waals surface area (Å²) >= 11 is 6.76. The predicted molar refractivity (Wildman–Crippen MR) is 147 cm³/mol. The first-order valence-electron chi connectivity index (χ1n) is 12.3. The van der Waals surface area contributed by atoms with E-state index in [1.54, 1.807) is 0 Å². The van der Waals surface area contributed by atoms with Crippen LogP contribution in [0.3, 0.4) is 0 Å². The molecule has 0 saturated carbocycles. The van der Waals surface area contributed by atoms with Gasteiger partial charge in [-0.2, -0.15) is 0 Å². The van der Waals surface area contributed by atoms with Crippen molar-refractivity contribution >= 4 is 28.8 Å². The van der Waals surface area contributed by atoms with Crippen LogP contribution in [-0.4, -0.2) is 5.78 Å². The van der Waals surface area contributed by atoms with Crippen molar-refractivity contribution in [1.82, 2.24) is 0 Å². The number of Topliss-reactive ketones (excluding diaryl/α,β-unsaturated/α-hetero) is 1. The van der Waals surface area contributed by atoms with Crippen molar-refractivity contribution in [3.05, 3.63) is 112 Å². The second-order valence-electron chi connectivity index (χ2n) is 10.4. The molecule has 0 bridgehead atoms. The van der Waals surface area contributed by atoms with E-state index in [-0.39, 0.29) is 17.2 Å². The minimum Gasteiger partial charge on any atom is -0.487 e. The van der Waals surface area contributed by atoms with Crippen molar-refractivity contribution in [2.75, 3.05) is 10.2 Å². The minimum absolute atomic E-state index is 0.117. The topological polar surface area (TPSA) is 41.6 Å². The summed E-state index contributed by atoms with van der Waals surface area (Å²) in [5, 5.41) is 4.13. The van der Waals surface area contributed by atoms with Gasteiger partial charge in [-0.25, -0.2) is 0 Å². The number of nitrogens with zero attached hydrogens (tertiary/aromatic N) is 1. The van der Waals surface area contributed by atoms with Crippen molar-refractivity contribution in [1.29, 1.82) is 0 Å². The molecule has 3 aromatic carbocycles. The lowest BCUT2D eigenvalue weighted by atomic mass is 9.73. The molecule has 5 rings (SSSR count). The standard InChI is InChI=1S/C31H31ClN2O2/c1-20(2)34-26-13-9-8-12-24(26)33-25-17-31(3,4)18-27(35)29(25)30(34)22-14-15-28(23(32)16-22)36-19-21-10-6-5-7-11-21/h5-16,30,33H,1,17-19H2,2-4H3/t30-/m1/s1. The number of allylic oxidation sites excluding steroid dienone is 2. The number of rotatable bonds is 5. The van der Waals surface area contributed by atoms with Crippen LogP contribution in [-0.2, 0) is 11.4 Å². The molecule has 3 aromatic rings. The number of ketones is 1. The maximum absolute atomic E-state index is 13.7. The van der Waals surface area contributed by atoms with Crippen molar-refractivity contribution in [3.8, 4) is 5.75 Å². The largest absolute Gasteiger partial charge is 0.487 e. The summed E-state index contributed by atoms with van der Waals surface area (Å²) in [6.07, 6.45) is 1.28. The molecule has 1 aliphatic heterocycles. The lowest BCUT2D eigenvalue weighted by molar-refractivity contribution is -0.118. The van der Waals surface area contributed by atoms with E-state index in [2.05, 4.69) is 42.8 Å². The van der Waals surface area contributed by atoms with Gasteiger partial charge in [-0.3, -0.25) is 4.79 Å². The summed E-state index contributed by atoms with van der Waals surface area (Å²) in [4.78, 5) is 15.8. The molecule has 36 heavy (non-hydrogen) atoms. The summed E-state index contributed by atoms with van der Waals surface area (Å²) in [7, 11) is 0. The number of halogens is 1. The first-order valence-corrected chi connectivity index (χ1v) is 12.6. The second kappa shape index (κ2) is 9.51. The molecular weight excluding hydrogens is 468 g/mol. The molecule has 1 atom stereocenters. The number of para-hydroxylation sites is 2. The molecule has 4 nitrogen and oxygen atoms in total. The van der Waals surface area contributed by atoms with Gasteiger partial charge in [-0.05, 0) is 54.2 Å². The highest BCUT2D eigenvalue weighted by Gasteiger charge is 2.41. The fraction of sp³-hybridized carbons (Fsp3) is 0.258. The third kappa shape index (κ3) is 4.66. The normalized spacial score (nSPS) is 18.6. The number of fused-ring (bicyclic) bond motifs is 1. The zero-order chi connectivity index (χ0) is 25.4. The van der Waals surface area contributed by atoms with Crippen LogP contribution in [0.4, 0.5) is 11.4 Å². The Labute approximate surface area is 218 Å². The summed E-state index contributed by atoms with van der Waals surface area (Å²) < 4.78 is 6.02. The Morgan fingerprint density at radius 3 is 2.53 bits per heavy atom. The molecular formula is C31H31ClN2O2. The second-order valence-corrected chi connectivity index (χ2v) is 10.9. The highest BCUT2D eigenvalue weighted by atomic mass is 35.5. The quantitative estimate of drug-likeness (QED) is 0.386. The van der Waals surface area contributed by atoms with Gasteiger partial charge in [0.1, 0.15) is 12.4 Å². The summed E-state index contributed by atoms with van der Waals surface area (Å²) in [5.41, 5.74) is 6.43. The van der Waals surface area contributed by atoms with E-state index in [0.717, 1.165) is 45.9 Å². The van der Waals surface area contributed by atoms with Gasteiger partial charge < -0.3 is 15.0 Å². The Bertz CT molecular complexity index is 1360. The molecule has 0 aromatic heterocycles. The Morgan fingerprint density at radius 2 is 1.81 bits per heavy atom. The average molecular weight is 499 g/mol. The molecule has 1 N–H and O–H groups in total. The number of hydrogen-bond acceptors (Lipinski definition) is 4. The number of carbonyl (C=O) groups is 1. The van der Waals surface area contributed by atoms with E-state index in [9.17, 15) is 4.79 Å². The Balaban J connectivity index is 1.60. The van der Waals surface area contributed by atoms with Crippen LogP contribution < -0.4 is 15.0 Å². The van der Waals surface area contributed by atoms with E-state index < -0.39 is 0 Å². The maximum Gasteiger partial charge on any atom is 0.163 e. The van der Waals surface area contributed by atoms with Crippen LogP contribution in [0.15, 0.2) is 96.3 Å². The van der Waals surface area contributed by atoms with Crippen molar-refractivity contribution < 1.29 is 9.53 Å². The first kappa shape index (κ1) is 24.2. The molecule has 0 saturated heterocycles. The Hall–Kier alpha value is -3.50. The highest BCUT2D eigenvalue weighted by Crippen LogP contribution is 2.49. The molecule has 0 spiro atoms. The number of anilines is 2. The highest BCUT2D eigenvalue weighted by molar-refractivity contribution is 6.32. The third-order valence-electron chi connectivity index (χ3n) is 6.82. The zero-order valence-corrected chi connectivity index (χ0v) is 21.7. The number of hydrogen-bond donors (Lipinski definition) is 1. The number of carbonyl (C=O) groups excluding carboxylic acids is 1. The molecule has 0 amide bonds. The lowest BCUT2D eigenvalue weighted by Gasteiger charge is -2.38. The number of ether oxygens (including phenoxy) is 1. The van der Waals surface area contributed by atoms with Gasteiger partial charge in [0.2, 0.25) is 0 Å². The summed E-state index contributed by atoms with van der Waals surface area (Å²) in [5.74, 6) is 0.766. The SMILES string of the molecule is C=C(C)N1c2ccccc2NC2=C(C(=O)CC(C)(C)C2)[C@H]1c1ccc(OCc2ccccc2)c(Cl)c1. The van der Waals surface area contributed by atoms with Crippen LogP contribution in [0.25, 0.3) is 0 Å². The molecule has 1 aliphatic carbocycles. The van der Waals surface area contributed by atoms with Crippen molar-refractivity contribution in [2.45, 2.75) is 46.3 Å². The first-order chi connectivity index (χ1) is 17.2. The Morgan fingerprint density at radius 1 is 1.08 bits per heavy atom. The fourth-order valence-electron chi connectivity index (χ4n) is 5.26. The molecule has 1 heterocycles. The summed E-state index contributed by atoms with van der Waals surface area (Å²) in [6.45, 7) is 11.0. The van der Waals surface area contributed by atoms with Gasteiger partial charge in [-0.15, -0.1) is 0 Å². The van der Waals surface area contributed by atoms with Crippen LogP contribution >= 0.6 is 11.6 Å². The monoisotopic (exact) mass is 498 g/mol.